The summed E-state index contributed by atoms with van der Waals surface area (Å²) in [5.74, 6) is -0.255. The molecular weight excluding hydrogens is 278 g/mol. The number of nitrogens with one attached hydrogen (secondary N) is 2. The standard InChI is InChI=1S/C13H17N3O3S/c1-4-8(5-2)10(17)15-12-9(6-14)7(3)11(20-12)16-13(18)19/h8,16H,4-5H2,1-3H3,(H,15,17)(H,18,19). The maximum Gasteiger partial charge on any atom is 0.409 e. The Morgan fingerprint density at radius 2 is 1.90 bits per heavy atom. The van der Waals surface area contributed by atoms with Crippen molar-refractivity contribution in [3.63, 3.8) is 0 Å². The van der Waals surface area contributed by atoms with E-state index in [-0.39, 0.29) is 11.8 Å². The van der Waals surface area contributed by atoms with Crippen molar-refractivity contribution in [3.8, 4) is 6.07 Å². The third-order valence-electron chi connectivity index (χ3n) is 3.07. The van der Waals surface area contributed by atoms with Crippen LogP contribution in [0.25, 0.3) is 0 Å². The van der Waals surface area contributed by atoms with Gasteiger partial charge in [0, 0.05) is 11.5 Å². The van der Waals surface area contributed by atoms with E-state index in [1.165, 1.54) is 0 Å². The molecule has 1 rings (SSSR count). The summed E-state index contributed by atoms with van der Waals surface area (Å²) in [5, 5.41) is 23.6. The van der Waals surface area contributed by atoms with Gasteiger partial charge in [-0.1, -0.05) is 25.2 Å². The Balaban J connectivity index is 3.04. The van der Waals surface area contributed by atoms with Gasteiger partial charge in [0.15, 0.2) is 0 Å². The van der Waals surface area contributed by atoms with Crippen LogP contribution < -0.4 is 10.6 Å². The van der Waals surface area contributed by atoms with Gasteiger partial charge in [0.1, 0.15) is 16.1 Å². The van der Waals surface area contributed by atoms with Crippen molar-refractivity contribution in [3.05, 3.63) is 11.1 Å². The highest BCUT2D eigenvalue weighted by atomic mass is 32.1. The van der Waals surface area contributed by atoms with Crippen molar-refractivity contribution in [2.24, 2.45) is 5.92 Å². The molecule has 108 valence electrons. The van der Waals surface area contributed by atoms with E-state index < -0.39 is 6.09 Å². The van der Waals surface area contributed by atoms with Crippen molar-refractivity contribution in [2.45, 2.75) is 33.6 Å². The van der Waals surface area contributed by atoms with Crippen LogP contribution in [0.2, 0.25) is 0 Å². The van der Waals surface area contributed by atoms with E-state index in [9.17, 15) is 9.59 Å². The number of amides is 2. The summed E-state index contributed by atoms with van der Waals surface area (Å²) < 4.78 is 0. The van der Waals surface area contributed by atoms with Gasteiger partial charge in [0.05, 0.1) is 5.56 Å². The fourth-order valence-electron chi connectivity index (χ4n) is 1.83. The predicted molar refractivity (Wildman–Crippen MR) is 78.1 cm³/mol. The number of carboxylic acid groups (broad SMARTS) is 1. The van der Waals surface area contributed by atoms with Gasteiger partial charge in [-0.15, -0.1) is 0 Å². The highest BCUT2D eigenvalue weighted by Gasteiger charge is 2.21. The molecule has 2 amide bonds. The summed E-state index contributed by atoms with van der Waals surface area (Å²) in [7, 11) is 0. The zero-order valence-electron chi connectivity index (χ0n) is 11.6. The van der Waals surface area contributed by atoms with E-state index in [0.717, 1.165) is 24.2 Å². The van der Waals surface area contributed by atoms with Crippen molar-refractivity contribution in [1.82, 2.24) is 0 Å². The second-order valence-corrected chi connectivity index (χ2v) is 5.33. The van der Waals surface area contributed by atoms with Crippen LogP contribution in [0.15, 0.2) is 0 Å². The topological polar surface area (TPSA) is 102 Å². The average molecular weight is 295 g/mol. The van der Waals surface area contributed by atoms with E-state index >= 15 is 0 Å². The van der Waals surface area contributed by atoms with Crippen LogP contribution in [0, 0.1) is 24.2 Å². The monoisotopic (exact) mass is 295 g/mol. The van der Waals surface area contributed by atoms with Gasteiger partial charge in [0.25, 0.3) is 0 Å². The molecular formula is C13H17N3O3S. The second kappa shape index (κ2) is 6.91. The van der Waals surface area contributed by atoms with Crippen LogP contribution in [0.1, 0.15) is 37.8 Å². The van der Waals surface area contributed by atoms with Crippen LogP contribution in [0.4, 0.5) is 14.8 Å². The van der Waals surface area contributed by atoms with Gasteiger partial charge in [0.2, 0.25) is 5.91 Å². The van der Waals surface area contributed by atoms with Crippen molar-refractivity contribution in [1.29, 1.82) is 5.26 Å². The maximum atomic E-state index is 12.0. The molecule has 0 aliphatic heterocycles. The Morgan fingerprint density at radius 3 is 2.35 bits per heavy atom. The number of thiophene rings is 1. The summed E-state index contributed by atoms with van der Waals surface area (Å²) in [6.07, 6.45) is 0.237. The number of rotatable bonds is 5. The van der Waals surface area contributed by atoms with Crippen molar-refractivity contribution >= 4 is 33.3 Å². The molecule has 0 saturated heterocycles. The smallest absolute Gasteiger partial charge is 0.409 e. The Kier molecular flexibility index (Phi) is 5.53. The molecule has 0 saturated carbocycles. The first-order valence-corrected chi connectivity index (χ1v) is 7.10. The predicted octanol–water partition coefficient (Wildman–Crippen LogP) is 3.39. The summed E-state index contributed by atoms with van der Waals surface area (Å²) in [6.45, 7) is 5.50. The molecule has 1 heterocycles. The van der Waals surface area contributed by atoms with Gasteiger partial charge in [-0.05, 0) is 19.8 Å². The van der Waals surface area contributed by atoms with E-state index in [1.807, 2.05) is 19.9 Å². The lowest BCUT2D eigenvalue weighted by Gasteiger charge is -2.11. The first-order valence-electron chi connectivity index (χ1n) is 6.28. The molecule has 20 heavy (non-hydrogen) atoms. The zero-order chi connectivity index (χ0) is 15.3. The molecule has 0 spiro atoms. The van der Waals surface area contributed by atoms with Gasteiger partial charge < -0.3 is 10.4 Å². The second-order valence-electron chi connectivity index (χ2n) is 4.30. The Labute approximate surface area is 121 Å². The summed E-state index contributed by atoms with van der Waals surface area (Å²) >= 11 is 1.06. The molecule has 1 aromatic heterocycles. The van der Waals surface area contributed by atoms with Gasteiger partial charge in [-0.2, -0.15) is 5.26 Å². The number of hydrogen-bond acceptors (Lipinski definition) is 4. The third-order valence-corrected chi connectivity index (χ3v) is 4.19. The lowest BCUT2D eigenvalue weighted by molar-refractivity contribution is -0.120. The average Bonchev–Trinajstić information content (AvgIpc) is 2.66. The summed E-state index contributed by atoms with van der Waals surface area (Å²) in [5.41, 5.74) is 0.831. The number of carbonyl (C=O) groups is 2. The minimum Gasteiger partial charge on any atom is -0.465 e. The van der Waals surface area contributed by atoms with Crippen LogP contribution in [-0.2, 0) is 4.79 Å². The van der Waals surface area contributed by atoms with Crippen LogP contribution >= 0.6 is 11.3 Å². The van der Waals surface area contributed by atoms with E-state index in [2.05, 4.69) is 10.6 Å². The molecule has 0 aliphatic rings. The highest BCUT2D eigenvalue weighted by Crippen LogP contribution is 2.37. The molecule has 0 unspecified atom stereocenters. The Bertz CT molecular complexity index is 556. The van der Waals surface area contributed by atoms with Crippen LogP contribution in [-0.4, -0.2) is 17.1 Å². The van der Waals surface area contributed by atoms with Gasteiger partial charge in [-0.3, -0.25) is 10.1 Å². The fraction of sp³-hybridized carbons (Fsp3) is 0.462. The number of nitrogens with zero attached hydrogens (tertiary/aromatic N) is 1. The molecule has 0 aliphatic carbocycles. The van der Waals surface area contributed by atoms with Gasteiger partial charge in [-0.25, -0.2) is 4.79 Å². The molecule has 0 fully saturated rings. The van der Waals surface area contributed by atoms with E-state index in [0.29, 0.717) is 21.1 Å². The SMILES string of the molecule is CCC(CC)C(=O)Nc1sc(NC(=O)O)c(C)c1C#N. The number of carbonyl (C=O) groups excluding carboxylic acids is 1. The molecule has 1 aromatic rings. The molecule has 6 nitrogen and oxygen atoms in total. The minimum atomic E-state index is -1.20. The molecule has 7 heteroatoms. The Hall–Kier alpha value is -2.07. The first kappa shape index (κ1) is 16.0. The van der Waals surface area contributed by atoms with Crippen LogP contribution in [0.5, 0.6) is 0 Å². The first-order chi connectivity index (χ1) is 9.44. The molecule has 0 bridgehead atoms. The van der Waals surface area contributed by atoms with Crippen molar-refractivity contribution in [2.75, 3.05) is 10.6 Å². The zero-order valence-corrected chi connectivity index (χ0v) is 12.4. The number of nitriles is 1. The minimum absolute atomic E-state index is 0.111. The molecule has 3 N–H and O–H groups in total. The summed E-state index contributed by atoms with van der Waals surface area (Å²) in [6, 6.07) is 2.00. The molecule has 0 aromatic carbocycles. The lowest BCUT2D eigenvalue weighted by Crippen LogP contribution is -2.21. The highest BCUT2D eigenvalue weighted by molar-refractivity contribution is 7.20. The van der Waals surface area contributed by atoms with E-state index in [1.54, 1.807) is 6.92 Å². The number of hydrogen-bond donors (Lipinski definition) is 3. The lowest BCUT2D eigenvalue weighted by atomic mass is 10.0. The molecule has 0 radical (unpaired) electrons. The normalized spacial score (nSPS) is 10.2. The quantitative estimate of drug-likeness (QED) is 0.774. The fourth-order valence-corrected chi connectivity index (χ4v) is 2.88. The van der Waals surface area contributed by atoms with Gasteiger partial charge >= 0.3 is 6.09 Å². The third kappa shape index (κ3) is 3.48. The molecule has 0 atom stereocenters. The van der Waals surface area contributed by atoms with E-state index in [4.69, 9.17) is 10.4 Å². The Morgan fingerprint density at radius 1 is 1.30 bits per heavy atom. The largest absolute Gasteiger partial charge is 0.465 e. The van der Waals surface area contributed by atoms with Crippen LogP contribution in [0.3, 0.4) is 0 Å². The van der Waals surface area contributed by atoms with Crippen molar-refractivity contribution < 1.29 is 14.7 Å². The number of anilines is 2. The maximum absolute atomic E-state index is 12.0. The summed E-state index contributed by atoms with van der Waals surface area (Å²) in [4.78, 5) is 22.7.